The van der Waals surface area contributed by atoms with Crippen molar-refractivity contribution in [2.75, 3.05) is 0 Å². The first-order chi connectivity index (χ1) is 8.18. The van der Waals surface area contributed by atoms with Gasteiger partial charge in [-0.1, -0.05) is 0 Å². The van der Waals surface area contributed by atoms with Gasteiger partial charge < -0.3 is 4.98 Å². The van der Waals surface area contributed by atoms with Gasteiger partial charge in [0.1, 0.15) is 11.6 Å². The van der Waals surface area contributed by atoms with E-state index in [1.165, 1.54) is 0 Å². The standard InChI is InChI=1S/C11H7N3O3/c15-8-7(10(16)14-11(8)17)6-4-13-9-5(6)2-1-3-12-9/h1-4,7H,(H,12,13)(H,14,16,17). The van der Waals surface area contributed by atoms with Gasteiger partial charge in [-0.05, 0) is 17.7 Å². The molecule has 0 radical (unpaired) electrons. The highest BCUT2D eigenvalue weighted by Gasteiger charge is 2.42. The largest absolute Gasteiger partial charge is 0.346 e. The summed E-state index contributed by atoms with van der Waals surface area (Å²) >= 11 is 0. The number of hydrogen-bond donors (Lipinski definition) is 2. The Morgan fingerprint density at radius 2 is 2.06 bits per heavy atom. The highest BCUT2D eigenvalue weighted by Crippen LogP contribution is 2.27. The number of amides is 2. The van der Waals surface area contributed by atoms with Crippen molar-refractivity contribution >= 4 is 28.6 Å². The molecule has 6 nitrogen and oxygen atoms in total. The molecule has 0 aliphatic carbocycles. The molecule has 1 unspecified atom stereocenters. The Morgan fingerprint density at radius 1 is 1.24 bits per heavy atom. The minimum atomic E-state index is -1.06. The average Bonchev–Trinajstić information content (AvgIpc) is 2.82. The first-order valence-corrected chi connectivity index (χ1v) is 4.99. The van der Waals surface area contributed by atoms with Gasteiger partial charge in [-0.2, -0.15) is 0 Å². The molecule has 2 N–H and O–H groups in total. The van der Waals surface area contributed by atoms with E-state index in [0.29, 0.717) is 16.6 Å². The van der Waals surface area contributed by atoms with Crippen molar-refractivity contribution in [3.05, 3.63) is 30.1 Å². The van der Waals surface area contributed by atoms with E-state index in [9.17, 15) is 14.4 Å². The van der Waals surface area contributed by atoms with Gasteiger partial charge in [0.05, 0.1) is 0 Å². The van der Waals surface area contributed by atoms with Crippen LogP contribution in [0.2, 0.25) is 0 Å². The summed E-state index contributed by atoms with van der Waals surface area (Å²) in [6, 6.07) is 3.45. The van der Waals surface area contributed by atoms with Crippen molar-refractivity contribution in [3.8, 4) is 0 Å². The Balaban J connectivity index is 2.19. The van der Waals surface area contributed by atoms with E-state index in [4.69, 9.17) is 0 Å². The molecule has 3 heterocycles. The maximum atomic E-state index is 11.6. The number of Topliss-reactive ketones (excluding diaryl/α,β-unsaturated/α-hetero) is 1. The van der Waals surface area contributed by atoms with E-state index in [1.54, 1.807) is 24.5 Å². The number of carbonyl (C=O) groups excluding carboxylic acids is 3. The third kappa shape index (κ3) is 1.27. The van der Waals surface area contributed by atoms with Crippen molar-refractivity contribution in [1.82, 2.24) is 15.3 Å². The highest BCUT2D eigenvalue weighted by molar-refractivity contribution is 6.50. The zero-order chi connectivity index (χ0) is 12.0. The number of rotatable bonds is 1. The number of H-pyrrole nitrogens is 1. The molecular weight excluding hydrogens is 222 g/mol. The number of nitrogens with one attached hydrogen (secondary N) is 2. The second-order valence-electron chi connectivity index (χ2n) is 3.76. The summed E-state index contributed by atoms with van der Waals surface area (Å²) in [4.78, 5) is 41.2. The summed E-state index contributed by atoms with van der Waals surface area (Å²) in [5.41, 5.74) is 1.07. The van der Waals surface area contributed by atoms with Crippen molar-refractivity contribution in [2.24, 2.45) is 0 Å². The van der Waals surface area contributed by atoms with E-state index in [0.717, 1.165) is 0 Å². The Hall–Kier alpha value is -2.50. The normalized spacial score (nSPS) is 20.0. The number of hydrogen-bond acceptors (Lipinski definition) is 4. The monoisotopic (exact) mass is 229 g/mol. The molecule has 17 heavy (non-hydrogen) atoms. The lowest BCUT2D eigenvalue weighted by Crippen LogP contribution is -2.22. The first kappa shape index (κ1) is 9.71. The molecule has 2 amide bonds. The molecule has 6 heteroatoms. The SMILES string of the molecule is O=C1NC(=O)C(c2c[nH]c3ncccc23)C1=O. The zero-order valence-corrected chi connectivity index (χ0v) is 8.56. The fraction of sp³-hybridized carbons (Fsp3) is 0.0909. The number of ketones is 1. The quantitative estimate of drug-likeness (QED) is 0.405. The van der Waals surface area contributed by atoms with Crippen LogP contribution in [0.5, 0.6) is 0 Å². The Bertz CT molecular complexity index is 659. The van der Waals surface area contributed by atoms with Gasteiger partial charge in [-0.3, -0.25) is 19.7 Å². The number of aromatic nitrogens is 2. The van der Waals surface area contributed by atoms with Crippen LogP contribution in [0.25, 0.3) is 11.0 Å². The molecule has 1 atom stereocenters. The summed E-state index contributed by atoms with van der Waals surface area (Å²) in [6.45, 7) is 0. The van der Waals surface area contributed by atoms with Gasteiger partial charge in [0.15, 0.2) is 0 Å². The van der Waals surface area contributed by atoms with Crippen LogP contribution in [0.3, 0.4) is 0 Å². The Morgan fingerprint density at radius 3 is 2.76 bits per heavy atom. The Labute approximate surface area is 95.0 Å². The smallest absolute Gasteiger partial charge is 0.295 e. The molecule has 1 aliphatic heterocycles. The molecular formula is C11H7N3O3. The zero-order valence-electron chi connectivity index (χ0n) is 8.56. The molecule has 0 saturated carbocycles. The molecule has 1 fully saturated rings. The minimum absolute atomic E-state index is 0.487. The van der Waals surface area contributed by atoms with Crippen LogP contribution >= 0.6 is 0 Å². The fourth-order valence-electron chi connectivity index (χ4n) is 1.99. The molecule has 0 spiro atoms. The third-order valence-electron chi connectivity index (χ3n) is 2.78. The van der Waals surface area contributed by atoms with E-state index in [1.807, 2.05) is 5.32 Å². The number of nitrogens with zero attached hydrogens (tertiary/aromatic N) is 1. The molecule has 2 aromatic heterocycles. The molecule has 84 valence electrons. The summed E-state index contributed by atoms with van der Waals surface area (Å²) < 4.78 is 0. The van der Waals surface area contributed by atoms with Crippen LogP contribution in [-0.4, -0.2) is 27.6 Å². The maximum Gasteiger partial charge on any atom is 0.295 e. The molecule has 2 aromatic rings. The maximum absolute atomic E-state index is 11.6. The predicted molar refractivity (Wildman–Crippen MR) is 57.0 cm³/mol. The van der Waals surface area contributed by atoms with E-state index < -0.39 is 23.5 Å². The number of aromatic amines is 1. The topological polar surface area (TPSA) is 91.9 Å². The summed E-state index contributed by atoms with van der Waals surface area (Å²) in [6.07, 6.45) is 3.14. The van der Waals surface area contributed by atoms with Crippen molar-refractivity contribution in [1.29, 1.82) is 0 Å². The summed E-state index contributed by atoms with van der Waals surface area (Å²) in [5.74, 6) is -3.21. The van der Waals surface area contributed by atoms with E-state index in [-0.39, 0.29) is 0 Å². The third-order valence-corrected chi connectivity index (χ3v) is 2.78. The number of carbonyl (C=O) groups is 3. The fourth-order valence-corrected chi connectivity index (χ4v) is 1.99. The van der Waals surface area contributed by atoms with Gasteiger partial charge in [0.25, 0.3) is 5.91 Å². The van der Waals surface area contributed by atoms with Crippen molar-refractivity contribution < 1.29 is 14.4 Å². The average molecular weight is 229 g/mol. The van der Waals surface area contributed by atoms with Gasteiger partial charge in [0, 0.05) is 17.8 Å². The molecule has 0 bridgehead atoms. The van der Waals surface area contributed by atoms with Crippen LogP contribution in [0.15, 0.2) is 24.5 Å². The number of pyridine rings is 1. The summed E-state index contributed by atoms with van der Waals surface area (Å²) in [5, 5.41) is 2.68. The van der Waals surface area contributed by atoms with Crippen molar-refractivity contribution in [3.63, 3.8) is 0 Å². The lowest BCUT2D eigenvalue weighted by atomic mass is 9.97. The second kappa shape index (κ2) is 3.24. The first-order valence-electron chi connectivity index (χ1n) is 4.99. The van der Waals surface area contributed by atoms with Gasteiger partial charge in [0.2, 0.25) is 11.7 Å². The van der Waals surface area contributed by atoms with Crippen LogP contribution in [-0.2, 0) is 14.4 Å². The molecule has 1 saturated heterocycles. The van der Waals surface area contributed by atoms with E-state index in [2.05, 4.69) is 9.97 Å². The van der Waals surface area contributed by atoms with Crippen molar-refractivity contribution in [2.45, 2.75) is 5.92 Å². The van der Waals surface area contributed by atoms with E-state index >= 15 is 0 Å². The molecule has 0 aromatic carbocycles. The van der Waals surface area contributed by atoms with Gasteiger partial charge in [-0.15, -0.1) is 0 Å². The van der Waals surface area contributed by atoms with Gasteiger partial charge >= 0.3 is 0 Å². The molecule has 3 rings (SSSR count). The van der Waals surface area contributed by atoms with Crippen LogP contribution in [0.4, 0.5) is 0 Å². The van der Waals surface area contributed by atoms with Crippen LogP contribution < -0.4 is 5.32 Å². The predicted octanol–water partition coefficient (Wildman–Crippen LogP) is -0.128. The van der Waals surface area contributed by atoms with Gasteiger partial charge in [-0.25, -0.2) is 4.98 Å². The minimum Gasteiger partial charge on any atom is -0.346 e. The lowest BCUT2D eigenvalue weighted by Gasteiger charge is -2.01. The lowest BCUT2D eigenvalue weighted by molar-refractivity contribution is -0.135. The highest BCUT2D eigenvalue weighted by atomic mass is 16.2. The number of fused-ring (bicyclic) bond motifs is 1. The van der Waals surface area contributed by atoms with Crippen LogP contribution in [0.1, 0.15) is 11.5 Å². The second-order valence-corrected chi connectivity index (χ2v) is 3.76. The number of imide groups is 1. The summed E-state index contributed by atoms with van der Waals surface area (Å²) in [7, 11) is 0. The Kier molecular flexibility index (Phi) is 1.85. The molecule has 1 aliphatic rings. The van der Waals surface area contributed by atoms with Crippen LogP contribution in [0, 0.1) is 0 Å².